The summed E-state index contributed by atoms with van der Waals surface area (Å²) < 4.78 is 5.18. The number of fused-ring (bicyclic) bond motifs is 1. The third-order valence-electron chi connectivity index (χ3n) is 2.09. The van der Waals surface area contributed by atoms with Crippen molar-refractivity contribution >= 4 is 5.76 Å². The summed E-state index contributed by atoms with van der Waals surface area (Å²) >= 11 is 0. The fraction of sp³-hybridized carbons (Fsp3) is 0.182. The molecule has 0 amide bonds. The number of nitrogens with zero attached hydrogens (tertiary/aromatic N) is 1. The number of hydrogen-bond donors (Lipinski definition) is 0. The molecule has 1 aliphatic rings. The predicted molar refractivity (Wildman–Crippen MR) is 50.9 cm³/mol. The number of ether oxygens (including phenoxy) is 1. The van der Waals surface area contributed by atoms with Gasteiger partial charge in [-0.1, -0.05) is 5.92 Å². The van der Waals surface area contributed by atoms with Crippen molar-refractivity contribution in [1.82, 2.24) is 4.98 Å². The third kappa shape index (κ3) is 1.19. The number of hydrogen-bond acceptors (Lipinski definition) is 2. The van der Waals surface area contributed by atoms with E-state index in [0.717, 1.165) is 23.4 Å². The molecule has 0 aliphatic heterocycles. The molecule has 1 aromatic heterocycles. The van der Waals surface area contributed by atoms with E-state index in [1.54, 1.807) is 7.11 Å². The highest BCUT2D eigenvalue weighted by atomic mass is 16.5. The largest absolute Gasteiger partial charge is 0.496 e. The second-order valence-corrected chi connectivity index (χ2v) is 2.81. The average Bonchev–Trinajstić information content (AvgIpc) is 2.59. The van der Waals surface area contributed by atoms with Gasteiger partial charge < -0.3 is 4.74 Å². The Morgan fingerprint density at radius 1 is 1.54 bits per heavy atom. The maximum absolute atomic E-state index is 5.25. The van der Waals surface area contributed by atoms with E-state index < -0.39 is 0 Å². The smallest absolute Gasteiger partial charge is 0.124 e. The van der Waals surface area contributed by atoms with Gasteiger partial charge in [-0.3, -0.25) is 0 Å². The normalized spacial score (nSPS) is 13.1. The summed E-state index contributed by atoms with van der Waals surface area (Å²) in [5.74, 6) is 3.41. The molecule has 1 aromatic rings. The quantitative estimate of drug-likeness (QED) is 0.599. The standard InChI is InChI=1S/C11H9NO/c1-3-8-4-5-9-10(12-8)6-7-11(9)13-2/h1,4-5,7H,6H2,2H3. The topological polar surface area (TPSA) is 22.1 Å². The fourth-order valence-electron chi connectivity index (χ4n) is 1.45. The van der Waals surface area contributed by atoms with Gasteiger partial charge in [-0.2, -0.15) is 0 Å². The van der Waals surface area contributed by atoms with Crippen LogP contribution in [0.1, 0.15) is 17.0 Å². The molecule has 0 fully saturated rings. The molecule has 2 rings (SSSR count). The van der Waals surface area contributed by atoms with E-state index in [2.05, 4.69) is 10.9 Å². The van der Waals surface area contributed by atoms with Gasteiger partial charge >= 0.3 is 0 Å². The summed E-state index contributed by atoms with van der Waals surface area (Å²) in [5.41, 5.74) is 2.75. The summed E-state index contributed by atoms with van der Waals surface area (Å²) in [6, 6.07) is 3.79. The van der Waals surface area contributed by atoms with Gasteiger partial charge in [-0.05, 0) is 18.2 Å². The van der Waals surface area contributed by atoms with Crippen molar-refractivity contribution < 1.29 is 4.74 Å². The van der Waals surface area contributed by atoms with E-state index in [4.69, 9.17) is 11.2 Å². The van der Waals surface area contributed by atoms with Gasteiger partial charge in [0.15, 0.2) is 0 Å². The molecule has 0 spiro atoms. The first-order chi connectivity index (χ1) is 6.35. The van der Waals surface area contributed by atoms with Crippen molar-refractivity contribution in [2.75, 3.05) is 7.11 Å². The minimum Gasteiger partial charge on any atom is -0.496 e. The molecule has 0 N–H and O–H groups in total. The van der Waals surface area contributed by atoms with Crippen LogP contribution in [0, 0.1) is 12.3 Å². The van der Waals surface area contributed by atoms with Gasteiger partial charge in [0, 0.05) is 12.0 Å². The molecule has 64 valence electrons. The highest BCUT2D eigenvalue weighted by molar-refractivity contribution is 5.67. The van der Waals surface area contributed by atoms with Gasteiger partial charge in [0.1, 0.15) is 11.5 Å². The molecule has 1 aliphatic carbocycles. The Hall–Kier alpha value is -1.75. The Morgan fingerprint density at radius 2 is 2.38 bits per heavy atom. The number of aromatic nitrogens is 1. The van der Waals surface area contributed by atoms with E-state index in [1.807, 2.05) is 18.2 Å². The lowest BCUT2D eigenvalue weighted by Gasteiger charge is -2.03. The van der Waals surface area contributed by atoms with E-state index in [-0.39, 0.29) is 0 Å². The molecule has 1 heterocycles. The van der Waals surface area contributed by atoms with Crippen molar-refractivity contribution in [2.45, 2.75) is 6.42 Å². The lowest BCUT2D eigenvalue weighted by molar-refractivity contribution is 0.371. The van der Waals surface area contributed by atoms with E-state index in [9.17, 15) is 0 Å². The summed E-state index contributed by atoms with van der Waals surface area (Å²) in [7, 11) is 1.66. The highest BCUT2D eigenvalue weighted by Gasteiger charge is 2.15. The first kappa shape index (κ1) is 7.88. The Balaban J connectivity index is 2.47. The fourth-order valence-corrected chi connectivity index (χ4v) is 1.45. The molecule has 0 aromatic carbocycles. The zero-order chi connectivity index (χ0) is 9.26. The molecule has 13 heavy (non-hydrogen) atoms. The van der Waals surface area contributed by atoms with Crippen LogP contribution < -0.4 is 0 Å². The van der Waals surface area contributed by atoms with Crippen molar-refractivity contribution in [3.8, 4) is 12.3 Å². The molecule has 0 unspecified atom stereocenters. The summed E-state index contributed by atoms with van der Waals surface area (Å²) in [6.07, 6.45) is 8.08. The molecule has 0 bridgehead atoms. The van der Waals surface area contributed by atoms with Crippen LogP contribution in [-0.2, 0) is 11.2 Å². The first-order valence-electron chi connectivity index (χ1n) is 4.06. The maximum Gasteiger partial charge on any atom is 0.124 e. The van der Waals surface area contributed by atoms with Gasteiger partial charge in [-0.15, -0.1) is 6.42 Å². The Bertz CT molecular complexity index is 413. The SMILES string of the molecule is C#Cc1ccc2c(n1)CC=C2OC. The Kier molecular flexibility index (Phi) is 1.79. The van der Waals surface area contributed by atoms with Gasteiger partial charge in [-0.25, -0.2) is 4.98 Å². The average molecular weight is 171 g/mol. The van der Waals surface area contributed by atoms with Crippen molar-refractivity contribution in [1.29, 1.82) is 0 Å². The molecule has 0 radical (unpaired) electrons. The second-order valence-electron chi connectivity index (χ2n) is 2.81. The summed E-state index contributed by atoms with van der Waals surface area (Å²) in [6.45, 7) is 0. The van der Waals surface area contributed by atoms with Crippen LogP contribution >= 0.6 is 0 Å². The van der Waals surface area contributed by atoms with Crippen LogP contribution in [0.2, 0.25) is 0 Å². The maximum atomic E-state index is 5.25. The summed E-state index contributed by atoms with van der Waals surface area (Å²) in [5, 5.41) is 0. The van der Waals surface area contributed by atoms with Gasteiger partial charge in [0.05, 0.1) is 12.8 Å². The molecular weight excluding hydrogens is 162 g/mol. The Labute approximate surface area is 77.3 Å². The number of terminal acetylenes is 1. The summed E-state index contributed by atoms with van der Waals surface area (Å²) in [4.78, 5) is 4.30. The number of rotatable bonds is 1. The van der Waals surface area contributed by atoms with Crippen molar-refractivity contribution in [2.24, 2.45) is 0 Å². The van der Waals surface area contributed by atoms with E-state index in [1.165, 1.54) is 0 Å². The van der Waals surface area contributed by atoms with Crippen molar-refractivity contribution in [3.63, 3.8) is 0 Å². The van der Waals surface area contributed by atoms with Crippen LogP contribution in [0.4, 0.5) is 0 Å². The van der Waals surface area contributed by atoms with Crippen LogP contribution in [0.25, 0.3) is 5.76 Å². The van der Waals surface area contributed by atoms with Crippen LogP contribution in [0.5, 0.6) is 0 Å². The molecule has 0 saturated heterocycles. The lowest BCUT2D eigenvalue weighted by atomic mass is 10.2. The second kappa shape index (κ2) is 2.95. The number of pyridine rings is 1. The number of allylic oxidation sites excluding steroid dienone is 1. The van der Waals surface area contributed by atoms with Crippen LogP contribution in [0.15, 0.2) is 18.2 Å². The number of methoxy groups -OCH3 is 1. The lowest BCUT2D eigenvalue weighted by Crippen LogP contribution is -1.93. The van der Waals surface area contributed by atoms with Gasteiger partial charge in [0.2, 0.25) is 0 Å². The molecule has 0 saturated carbocycles. The molecule has 0 atom stereocenters. The predicted octanol–water partition coefficient (Wildman–Crippen LogP) is 1.61. The zero-order valence-electron chi connectivity index (χ0n) is 7.37. The highest BCUT2D eigenvalue weighted by Crippen LogP contribution is 2.26. The minimum atomic E-state index is 0.685. The van der Waals surface area contributed by atoms with E-state index >= 15 is 0 Å². The molecule has 2 heteroatoms. The van der Waals surface area contributed by atoms with Gasteiger partial charge in [0.25, 0.3) is 0 Å². The minimum absolute atomic E-state index is 0.685. The Morgan fingerprint density at radius 3 is 3.08 bits per heavy atom. The van der Waals surface area contributed by atoms with E-state index in [0.29, 0.717) is 5.69 Å². The van der Waals surface area contributed by atoms with Crippen molar-refractivity contribution in [3.05, 3.63) is 35.2 Å². The third-order valence-corrected chi connectivity index (χ3v) is 2.09. The zero-order valence-corrected chi connectivity index (χ0v) is 7.37. The first-order valence-corrected chi connectivity index (χ1v) is 4.06. The molecular formula is C11H9NO. The monoisotopic (exact) mass is 171 g/mol. The molecule has 2 nitrogen and oxygen atoms in total. The van der Waals surface area contributed by atoms with Crippen LogP contribution in [0.3, 0.4) is 0 Å². The van der Waals surface area contributed by atoms with Crippen LogP contribution in [-0.4, -0.2) is 12.1 Å².